The Labute approximate surface area is 141 Å². The van der Waals surface area contributed by atoms with Crippen molar-refractivity contribution in [3.05, 3.63) is 41.7 Å². The Hall–Kier alpha value is -2.56. The molecule has 2 amide bonds. The normalized spacial score (nSPS) is 13.8. The highest BCUT2D eigenvalue weighted by molar-refractivity contribution is 5.92. The molecule has 1 aliphatic heterocycles. The number of carbonyl (C=O) groups is 2. The Morgan fingerprint density at radius 2 is 1.92 bits per heavy atom. The summed E-state index contributed by atoms with van der Waals surface area (Å²) in [5, 5.41) is 2.87. The number of nitrogens with one attached hydrogen (secondary N) is 1. The zero-order chi connectivity index (χ0) is 17.3. The van der Waals surface area contributed by atoms with Gasteiger partial charge < -0.3 is 14.6 Å². The van der Waals surface area contributed by atoms with E-state index in [1.807, 2.05) is 49.1 Å². The van der Waals surface area contributed by atoms with Crippen LogP contribution in [0.3, 0.4) is 0 Å². The highest BCUT2D eigenvalue weighted by Gasteiger charge is 2.22. The Bertz CT molecular complexity index is 759. The lowest BCUT2D eigenvalue weighted by molar-refractivity contribution is -0.129. The van der Waals surface area contributed by atoms with Gasteiger partial charge in [-0.05, 0) is 30.3 Å². The van der Waals surface area contributed by atoms with Gasteiger partial charge >= 0.3 is 0 Å². The molecule has 0 spiro atoms. The van der Waals surface area contributed by atoms with Crippen LogP contribution in [0.25, 0.3) is 11.3 Å². The lowest BCUT2D eigenvalue weighted by atomic mass is 10.1. The van der Waals surface area contributed by atoms with Gasteiger partial charge in [0.05, 0.1) is 0 Å². The van der Waals surface area contributed by atoms with Crippen LogP contribution in [-0.2, 0) is 22.6 Å². The van der Waals surface area contributed by atoms with Crippen LogP contribution < -0.4 is 5.32 Å². The van der Waals surface area contributed by atoms with Gasteiger partial charge in [0, 0.05) is 49.2 Å². The molecule has 126 valence electrons. The lowest BCUT2D eigenvalue weighted by Crippen LogP contribution is -2.33. The van der Waals surface area contributed by atoms with Gasteiger partial charge in [0.25, 0.3) is 0 Å². The molecule has 24 heavy (non-hydrogen) atoms. The molecule has 2 heterocycles. The topological polar surface area (TPSA) is 62.6 Å². The van der Waals surface area contributed by atoms with E-state index in [4.69, 9.17) is 4.42 Å². The van der Waals surface area contributed by atoms with Crippen LogP contribution in [0.1, 0.15) is 32.1 Å². The van der Waals surface area contributed by atoms with Gasteiger partial charge in [0.2, 0.25) is 11.8 Å². The van der Waals surface area contributed by atoms with Crippen molar-refractivity contribution in [2.45, 2.75) is 33.7 Å². The molecular weight excluding hydrogens is 304 g/mol. The molecule has 0 fully saturated rings. The van der Waals surface area contributed by atoms with E-state index in [1.165, 1.54) is 0 Å². The maximum Gasteiger partial charge on any atom is 0.226 e. The fourth-order valence-electron chi connectivity index (χ4n) is 2.75. The van der Waals surface area contributed by atoms with Gasteiger partial charge in [0.1, 0.15) is 11.5 Å². The molecule has 5 nitrogen and oxygen atoms in total. The van der Waals surface area contributed by atoms with E-state index < -0.39 is 0 Å². The Morgan fingerprint density at radius 1 is 1.21 bits per heavy atom. The first-order valence-electron chi connectivity index (χ1n) is 8.22. The van der Waals surface area contributed by atoms with Crippen molar-refractivity contribution in [1.82, 2.24) is 4.90 Å². The number of furan rings is 1. The predicted molar refractivity (Wildman–Crippen MR) is 92.4 cm³/mol. The second kappa shape index (κ2) is 6.51. The van der Waals surface area contributed by atoms with E-state index in [9.17, 15) is 9.59 Å². The Morgan fingerprint density at radius 3 is 2.54 bits per heavy atom. The summed E-state index contributed by atoms with van der Waals surface area (Å²) in [5.41, 5.74) is 2.81. The molecule has 0 saturated heterocycles. The molecular formula is C19H22N2O3. The average molecular weight is 326 g/mol. The van der Waals surface area contributed by atoms with Crippen molar-refractivity contribution in [2.75, 3.05) is 11.9 Å². The van der Waals surface area contributed by atoms with E-state index >= 15 is 0 Å². The molecule has 2 aromatic rings. The number of rotatable bonds is 3. The second-order valence-electron chi connectivity index (χ2n) is 6.47. The molecule has 5 heteroatoms. The number of anilines is 1. The van der Waals surface area contributed by atoms with Crippen LogP contribution in [0.5, 0.6) is 0 Å². The molecule has 0 radical (unpaired) electrons. The van der Waals surface area contributed by atoms with Crippen LogP contribution in [0, 0.1) is 5.92 Å². The quantitative estimate of drug-likeness (QED) is 0.940. The summed E-state index contributed by atoms with van der Waals surface area (Å²) in [5.74, 6) is 1.80. The van der Waals surface area contributed by atoms with E-state index in [0.29, 0.717) is 13.1 Å². The smallest absolute Gasteiger partial charge is 0.226 e. The average Bonchev–Trinajstić information content (AvgIpc) is 2.98. The monoisotopic (exact) mass is 326 g/mol. The fourth-order valence-corrected chi connectivity index (χ4v) is 2.75. The first-order chi connectivity index (χ1) is 11.4. The first-order valence-corrected chi connectivity index (χ1v) is 8.22. The Kier molecular flexibility index (Phi) is 4.42. The van der Waals surface area contributed by atoms with Crippen molar-refractivity contribution in [2.24, 2.45) is 5.92 Å². The van der Waals surface area contributed by atoms with Gasteiger partial charge in [0.15, 0.2) is 0 Å². The highest BCUT2D eigenvalue weighted by atomic mass is 16.3. The standard InChI is InChI=1S/C19H22N2O3/c1-12(2)19(23)20-16-6-4-14(5-7-16)18-10-15-11-21(13(3)22)9-8-17(15)24-18/h4-7,10,12H,8-9,11H2,1-3H3,(H,20,23). The van der Waals surface area contributed by atoms with E-state index in [0.717, 1.165) is 34.8 Å². The minimum Gasteiger partial charge on any atom is -0.461 e. The zero-order valence-corrected chi connectivity index (χ0v) is 14.3. The zero-order valence-electron chi connectivity index (χ0n) is 14.3. The minimum absolute atomic E-state index is 0.000497. The number of amides is 2. The number of nitrogens with zero attached hydrogens (tertiary/aromatic N) is 1. The van der Waals surface area contributed by atoms with E-state index in [-0.39, 0.29) is 17.7 Å². The van der Waals surface area contributed by atoms with Crippen LogP contribution in [0.4, 0.5) is 5.69 Å². The summed E-state index contributed by atoms with van der Waals surface area (Å²) in [6.07, 6.45) is 0.747. The van der Waals surface area contributed by atoms with Gasteiger partial charge in [-0.2, -0.15) is 0 Å². The third-order valence-electron chi connectivity index (χ3n) is 4.27. The van der Waals surface area contributed by atoms with Crippen molar-refractivity contribution in [1.29, 1.82) is 0 Å². The van der Waals surface area contributed by atoms with Crippen LogP contribution in [0.2, 0.25) is 0 Å². The largest absolute Gasteiger partial charge is 0.461 e. The summed E-state index contributed by atoms with van der Waals surface area (Å²) in [7, 11) is 0. The second-order valence-corrected chi connectivity index (χ2v) is 6.47. The van der Waals surface area contributed by atoms with Gasteiger partial charge in [-0.1, -0.05) is 13.8 Å². The fraction of sp³-hybridized carbons (Fsp3) is 0.368. The maximum atomic E-state index is 11.7. The molecule has 1 aromatic carbocycles. The molecule has 0 atom stereocenters. The lowest BCUT2D eigenvalue weighted by Gasteiger charge is -2.24. The molecule has 1 N–H and O–H groups in total. The number of carbonyl (C=O) groups excluding carboxylic acids is 2. The molecule has 0 bridgehead atoms. The Balaban J connectivity index is 1.76. The third-order valence-corrected chi connectivity index (χ3v) is 4.27. The number of fused-ring (bicyclic) bond motifs is 1. The van der Waals surface area contributed by atoms with Crippen molar-refractivity contribution < 1.29 is 14.0 Å². The highest BCUT2D eigenvalue weighted by Crippen LogP contribution is 2.30. The van der Waals surface area contributed by atoms with Crippen molar-refractivity contribution >= 4 is 17.5 Å². The van der Waals surface area contributed by atoms with E-state index in [1.54, 1.807) is 6.92 Å². The molecule has 0 saturated carbocycles. The van der Waals surface area contributed by atoms with E-state index in [2.05, 4.69) is 5.32 Å². The summed E-state index contributed by atoms with van der Waals surface area (Å²) >= 11 is 0. The third kappa shape index (κ3) is 3.35. The number of benzene rings is 1. The molecule has 1 aromatic heterocycles. The van der Waals surface area contributed by atoms with Crippen LogP contribution >= 0.6 is 0 Å². The van der Waals surface area contributed by atoms with Gasteiger partial charge in [-0.3, -0.25) is 9.59 Å². The summed E-state index contributed by atoms with van der Waals surface area (Å²) in [6, 6.07) is 9.62. The molecule has 1 aliphatic rings. The molecule has 0 unspecified atom stereocenters. The number of hydrogen-bond donors (Lipinski definition) is 1. The van der Waals surface area contributed by atoms with Crippen molar-refractivity contribution in [3.63, 3.8) is 0 Å². The van der Waals surface area contributed by atoms with Crippen LogP contribution in [-0.4, -0.2) is 23.3 Å². The summed E-state index contributed by atoms with van der Waals surface area (Å²) < 4.78 is 5.95. The first kappa shape index (κ1) is 16.3. The summed E-state index contributed by atoms with van der Waals surface area (Å²) in [4.78, 5) is 25.1. The predicted octanol–water partition coefficient (Wildman–Crippen LogP) is 3.45. The number of hydrogen-bond acceptors (Lipinski definition) is 3. The van der Waals surface area contributed by atoms with Crippen molar-refractivity contribution in [3.8, 4) is 11.3 Å². The maximum absolute atomic E-state index is 11.7. The van der Waals surface area contributed by atoms with Gasteiger partial charge in [-0.25, -0.2) is 0 Å². The van der Waals surface area contributed by atoms with Crippen LogP contribution in [0.15, 0.2) is 34.7 Å². The summed E-state index contributed by atoms with van der Waals surface area (Å²) in [6.45, 7) is 6.63. The van der Waals surface area contributed by atoms with Gasteiger partial charge in [-0.15, -0.1) is 0 Å². The molecule has 0 aliphatic carbocycles. The molecule has 3 rings (SSSR count). The SMILES string of the molecule is CC(=O)N1CCc2oc(-c3ccc(NC(=O)C(C)C)cc3)cc2C1. The minimum atomic E-state index is -0.0503.